The highest BCUT2D eigenvalue weighted by Crippen LogP contribution is 2.17. The largest absolute Gasteiger partial charge is 0.313 e. The topological polar surface area (TPSA) is 42.7 Å². The van der Waals surface area contributed by atoms with E-state index in [0.29, 0.717) is 5.41 Å². The van der Waals surface area contributed by atoms with Crippen molar-refractivity contribution in [3.05, 3.63) is 42.4 Å². The van der Waals surface area contributed by atoms with Crippen molar-refractivity contribution in [1.29, 1.82) is 0 Å². The summed E-state index contributed by atoms with van der Waals surface area (Å²) in [6.07, 6.45) is 6.65. The molecule has 0 aliphatic carbocycles. The Morgan fingerprint density at radius 2 is 2.05 bits per heavy atom. The molecule has 102 valence electrons. The summed E-state index contributed by atoms with van der Waals surface area (Å²) in [5.41, 5.74) is 1.53. The molecule has 0 aromatic carbocycles. The van der Waals surface area contributed by atoms with Gasteiger partial charge in [-0.1, -0.05) is 26.8 Å². The van der Waals surface area contributed by atoms with Gasteiger partial charge in [-0.05, 0) is 30.5 Å². The van der Waals surface area contributed by atoms with Crippen molar-refractivity contribution >= 4 is 0 Å². The molecule has 19 heavy (non-hydrogen) atoms. The second-order valence-corrected chi connectivity index (χ2v) is 5.92. The van der Waals surface area contributed by atoms with Gasteiger partial charge in [0.2, 0.25) is 0 Å². The molecule has 2 heterocycles. The van der Waals surface area contributed by atoms with Crippen LogP contribution in [0.2, 0.25) is 0 Å². The maximum atomic E-state index is 4.41. The van der Waals surface area contributed by atoms with Crippen LogP contribution in [0.15, 0.2) is 36.8 Å². The third-order valence-corrected chi connectivity index (χ3v) is 2.96. The predicted octanol–water partition coefficient (Wildman–Crippen LogP) is 2.79. The van der Waals surface area contributed by atoms with Gasteiger partial charge in [0.15, 0.2) is 5.82 Å². The van der Waals surface area contributed by atoms with E-state index in [-0.39, 0.29) is 0 Å². The first kappa shape index (κ1) is 13.7. The summed E-state index contributed by atoms with van der Waals surface area (Å²) in [7, 11) is 0. The van der Waals surface area contributed by atoms with E-state index in [1.54, 1.807) is 17.1 Å². The van der Waals surface area contributed by atoms with Gasteiger partial charge in [0.1, 0.15) is 0 Å². The highest BCUT2D eigenvalue weighted by molar-refractivity contribution is 5.32. The number of hydrogen-bond acceptors (Lipinski definition) is 3. The molecule has 0 aliphatic heterocycles. The fourth-order valence-corrected chi connectivity index (χ4v) is 1.86. The van der Waals surface area contributed by atoms with Gasteiger partial charge in [-0.15, -0.1) is 0 Å². The molecule has 2 aromatic rings. The highest BCUT2D eigenvalue weighted by atomic mass is 15.3. The maximum Gasteiger partial charge on any atom is 0.157 e. The summed E-state index contributed by atoms with van der Waals surface area (Å²) in [4.78, 5) is 4.41. The molecule has 2 rings (SSSR count). The van der Waals surface area contributed by atoms with Gasteiger partial charge in [-0.25, -0.2) is 9.67 Å². The first-order chi connectivity index (χ1) is 9.06. The Hall–Kier alpha value is -1.68. The zero-order chi connectivity index (χ0) is 13.7. The lowest BCUT2D eigenvalue weighted by atomic mass is 9.92. The molecule has 0 bridgehead atoms. The Kier molecular flexibility index (Phi) is 4.32. The van der Waals surface area contributed by atoms with Crippen LogP contribution in [0.3, 0.4) is 0 Å². The average molecular weight is 258 g/mol. The van der Waals surface area contributed by atoms with E-state index in [9.17, 15) is 0 Å². The van der Waals surface area contributed by atoms with Crippen LogP contribution < -0.4 is 5.32 Å². The SMILES string of the molecule is CC(C)(C)CCNCc1cccnc1-n1cccn1. The van der Waals surface area contributed by atoms with Gasteiger partial charge in [0, 0.05) is 30.7 Å². The van der Waals surface area contributed by atoms with Crippen molar-refractivity contribution in [2.45, 2.75) is 33.7 Å². The van der Waals surface area contributed by atoms with E-state index in [1.807, 2.05) is 18.3 Å². The molecule has 4 heteroatoms. The van der Waals surface area contributed by atoms with Gasteiger partial charge in [-0.3, -0.25) is 0 Å². The summed E-state index contributed by atoms with van der Waals surface area (Å²) < 4.78 is 1.81. The Morgan fingerprint density at radius 1 is 1.21 bits per heavy atom. The lowest BCUT2D eigenvalue weighted by Crippen LogP contribution is -2.21. The smallest absolute Gasteiger partial charge is 0.157 e. The molecular weight excluding hydrogens is 236 g/mol. The van der Waals surface area contributed by atoms with Gasteiger partial charge in [0.05, 0.1) is 0 Å². The van der Waals surface area contributed by atoms with Crippen molar-refractivity contribution in [1.82, 2.24) is 20.1 Å². The van der Waals surface area contributed by atoms with Gasteiger partial charge < -0.3 is 5.32 Å². The molecule has 0 atom stereocenters. The summed E-state index contributed by atoms with van der Waals surface area (Å²) >= 11 is 0. The average Bonchev–Trinajstić information content (AvgIpc) is 2.88. The van der Waals surface area contributed by atoms with Crippen LogP contribution in [0.1, 0.15) is 32.8 Å². The molecule has 0 saturated heterocycles. The lowest BCUT2D eigenvalue weighted by molar-refractivity contribution is 0.366. The molecule has 1 N–H and O–H groups in total. The minimum Gasteiger partial charge on any atom is -0.313 e. The van der Waals surface area contributed by atoms with Crippen molar-refractivity contribution in [3.8, 4) is 5.82 Å². The van der Waals surface area contributed by atoms with Gasteiger partial charge >= 0.3 is 0 Å². The van der Waals surface area contributed by atoms with E-state index in [1.165, 1.54) is 5.56 Å². The molecule has 0 radical (unpaired) electrons. The van der Waals surface area contributed by atoms with Gasteiger partial charge in [-0.2, -0.15) is 5.10 Å². The number of aromatic nitrogens is 3. The quantitative estimate of drug-likeness (QED) is 0.839. The van der Waals surface area contributed by atoms with E-state index >= 15 is 0 Å². The normalized spacial score (nSPS) is 11.7. The molecule has 0 aliphatic rings. The van der Waals surface area contributed by atoms with Gasteiger partial charge in [0.25, 0.3) is 0 Å². The second kappa shape index (κ2) is 5.97. The molecular formula is C15H22N4. The number of nitrogens with zero attached hydrogens (tertiary/aromatic N) is 3. The number of nitrogens with one attached hydrogen (secondary N) is 1. The minimum atomic E-state index is 0.368. The predicted molar refractivity (Wildman–Crippen MR) is 77.1 cm³/mol. The summed E-state index contributed by atoms with van der Waals surface area (Å²) in [6.45, 7) is 8.60. The molecule has 0 amide bonds. The molecule has 0 spiro atoms. The van der Waals surface area contributed by atoms with E-state index in [2.05, 4.69) is 42.2 Å². The summed E-state index contributed by atoms with van der Waals surface area (Å²) in [6, 6.07) is 5.97. The van der Waals surface area contributed by atoms with Crippen LogP contribution in [0.25, 0.3) is 5.82 Å². The zero-order valence-corrected chi connectivity index (χ0v) is 11.9. The molecule has 0 fully saturated rings. The van der Waals surface area contributed by atoms with E-state index < -0.39 is 0 Å². The lowest BCUT2D eigenvalue weighted by Gasteiger charge is -2.18. The number of pyridine rings is 1. The summed E-state index contributed by atoms with van der Waals surface area (Å²) in [5.74, 6) is 0.899. The van der Waals surface area contributed by atoms with Crippen LogP contribution in [0.5, 0.6) is 0 Å². The minimum absolute atomic E-state index is 0.368. The number of hydrogen-bond donors (Lipinski definition) is 1. The van der Waals surface area contributed by atoms with Crippen molar-refractivity contribution in [2.75, 3.05) is 6.54 Å². The Bertz CT molecular complexity index is 497. The molecule has 0 unspecified atom stereocenters. The number of rotatable bonds is 5. The van der Waals surface area contributed by atoms with Crippen LogP contribution >= 0.6 is 0 Å². The van der Waals surface area contributed by atoms with E-state index in [4.69, 9.17) is 0 Å². The molecule has 4 nitrogen and oxygen atoms in total. The van der Waals surface area contributed by atoms with E-state index in [0.717, 1.165) is 25.3 Å². The summed E-state index contributed by atoms with van der Waals surface area (Å²) in [5, 5.41) is 7.72. The van der Waals surface area contributed by atoms with Crippen molar-refractivity contribution < 1.29 is 0 Å². The fourth-order valence-electron chi connectivity index (χ4n) is 1.86. The standard InChI is InChI=1S/C15H22N4/c1-15(2,3)7-10-16-12-13-6-4-8-17-14(13)19-11-5-9-18-19/h4-6,8-9,11,16H,7,10,12H2,1-3H3. The first-order valence-electron chi connectivity index (χ1n) is 6.71. The second-order valence-electron chi connectivity index (χ2n) is 5.92. The van der Waals surface area contributed by atoms with Crippen LogP contribution in [0, 0.1) is 5.41 Å². The molecule has 0 saturated carbocycles. The third-order valence-electron chi connectivity index (χ3n) is 2.96. The highest BCUT2D eigenvalue weighted by Gasteiger charge is 2.10. The Balaban J connectivity index is 1.97. The third kappa shape index (κ3) is 4.17. The van der Waals surface area contributed by atoms with Crippen LogP contribution in [0.4, 0.5) is 0 Å². The zero-order valence-electron chi connectivity index (χ0n) is 11.9. The Morgan fingerprint density at radius 3 is 2.74 bits per heavy atom. The Labute approximate surface area is 114 Å². The maximum absolute atomic E-state index is 4.41. The van der Waals surface area contributed by atoms with Crippen LogP contribution in [-0.4, -0.2) is 21.3 Å². The first-order valence-corrected chi connectivity index (χ1v) is 6.71. The monoisotopic (exact) mass is 258 g/mol. The van der Waals surface area contributed by atoms with Crippen LogP contribution in [-0.2, 0) is 6.54 Å². The molecule has 2 aromatic heterocycles. The van der Waals surface area contributed by atoms with Crippen molar-refractivity contribution in [2.24, 2.45) is 5.41 Å². The fraction of sp³-hybridized carbons (Fsp3) is 0.467. The van der Waals surface area contributed by atoms with Crippen molar-refractivity contribution in [3.63, 3.8) is 0 Å².